The van der Waals surface area contributed by atoms with Gasteiger partial charge < -0.3 is 15.3 Å². The highest BCUT2D eigenvalue weighted by Crippen LogP contribution is 2.18. The molecule has 1 saturated heterocycles. The van der Waals surface area contributed by atoms with Crippen LogP contribution in [0.15, 0.2) is 24.3 Å². The predicted octanol–water partition coefficient (Wildman–Crippen LogP) is 2.57. The van der Waals surface area contributed by atoms with Crippen molar-refractivity contribution in [1.82, 2.24) is 10.2 Å². The van der Waals surface area contributed by atoms with E-state index in [-0.39, 0.29) is 6.03 Å². The molecule has 5 heteroatoms. The molecule has 0 radical (unpaired) electrons. The molecular formula is C16H22N2O3. The minimum Gasteiger partial charge on any atom is -0.480 e. The fourth-order valence-electron chi connectivity index (χ4n) is 2.57. The smallest absolute Gasteiger partial charge is 0.326 e. The maximum absolute atomic E-state index is 12.1. The summed E-state index contributed by atoms with van der Waals surface area (Å²) < 4.78 is 0. The summed E-state index contributed by atoms with van der Waals surface area (Å²) in [6.07, 6.45) is 1.28. The lowest BCUT2D eigenvalue weighted by atomic mass is 10.0. The first-order chi connectivity index (χ1) is 9.99. The third-order valence-electron chi connectivity index (χ3n) is 3.89. The van der Waals surface area contributed by atoms with Crippen LogP contribution in [-0.2, 0) is 11.3 Å². The molecule has 1 fully saturated rings. The number of amides is 2. The van der Waals surface area contributed by atoms with Crippen molar-refractivity contribution in [2.45, 2.75) is 45.2 Å². The second-order valence-electron chi connectivity index (χ2n) is 5.74. The number of rotatable bonds is 4. The monoisotopic (exact) mass is 290 g/mol. The van der Waals surface area contributed by atoms with Crippen molar-refractivity contribution in [1.29, 1.82) is 0 Å². The van der Waals surface area contributed by atoms with Gasteiger partial charge in [0, 0.05) is 13.1 Å². The molecule has 0 aliphatic carbocycles. The minimum absolute atomic E-state index is 0.298. The van der Waals surface area contributed by atoms with Gasteiger partial charge in [-0.05, 0) is 29.9 Å². The number of hydrogen-bond acceptors (Lipinski definition) is 2. The minimum atomic E-state index is -0.927. The first kappa shape index (κ1) is 15.4. The molecule has 0 bridgehead atoms. The van der Waals surface area contributed by atoms with E-state index in [0.29, 0.717) is 25.4 Å². The predicted molar refractivity (Wildman–Crippen MR) is 80.1 cm³/mol. The molecular weight excluding hydrogens is 268 g/mol. The molecule has 1 unspecified atom stereocenters. The number of urea groups is 1. The first-order valence-electron chi connectivity index (χ1n) is 7.35. The molecule has 1 aromatic rings. The quantitative estimate of drug-likeness (QED) is 0.895. The number of carbonyl (C=O) groups excluding carboxylic acids is 1. The SMILES string of the molecule is CC(C)c1ccc(CNC(=O)N2CCCC2C(=O)O)cc1. The number of aliphatic carboxylic acids is 1. The Morgan fingerprint density at radius 2 is 2.00 bits per heavy atom. The molecule has 2 N–H and O–H groups in total. The average Bonchev–Trinajstić information content (AvgIpc) is 2.95. The molecule has 1 aliphatic rings. The zero-order chi connectivity index (χ0) is 15.4. The fourth-order valence-corrected chi connectivity index (χ4v) is 2.57. The van der Waals surface area contributed by atoms with Crippen molar-refractivity contribution in [3.8, 4) is 0 Å². The van der Waals surface area contributed by atoms with Crippen LogP contribution in [0.4, 0.5) is 4.79 Å². The number of likely N-dealkylation sites (tertiary alicyclic amines) is 1. The normalized spacial score (nSPS) is 18.0. The molecule has 1 atom stereocenters. The van der Waals surface area contributed by atoms with E-state index >= 15 is 0 Å². The molecule has 0 aromatic heterocycles. The lowest BCUT2D eigenvalue weighted by molar-refractivity contribution is -0.141. The van der Waals surface area contributed by atoms with Crippen molar-refractivity contribution < 1.29 is 14.7 Å². The first-order valence-corrected chi connectivity index (χ1v) is 7.35. The Kier molecular flexibility index (Phi) is 4.83. The number of hydrogen-bond donors (Lipinski definition) is 2. The van der Waals surface area contributed by atoms with Gasteiger partial charge in [0.1, 0.15) is 6.04 Å². The number of nitrogens with one attached hydrogen (secondary N) is 1. The Labute approximate surface area is 125 Å². The number of carboxylic acids is 1. The van der Waals surface area contributed by atoms with Crippen LogP contribution in [0, 0.1) is 0 Å². The summed E-state index contributed by atoms with van der Waals surface area (Å²) in [5, 5.41) is 11.9. The van der Waals surface area contributed by atoms with Crippen LogP contribution < -0.4 is 5.32 Å². The van der Waals surface area contributed by atoms with Crippen molar-refractivity contribution in [3.63, 3.8) is 0 Å². The molecule has 2 amide bonds. The largest absolute Gasteiger partial charge is 0.480 e. The Balaban J connectivity index is 1.90. The lowest BCUT2D eigenvalue weighted by Crippen LogP contribution is -2.45. The number of carbonyl (C=O) groups is 2. The maximum Gasteiger partial charge on any atom is 0.326 e. The zero-order valence-electron chi connectivity index (χ0n) is 12.5. The molecule has 1 aliphatic heterocycles. The summed E-state index contributed by atoms with van der Waals surface area (Å²) in [5.74, 6) is -0.446. The summed E-state index contributed by atoms with van der Waals surface area (Å²) in [7, 11) is 0. The van der Waals surface area contributed by atoms with Gasteiger partial charge in [0.25, 0.3) is 0 Å². The van der Waals surface area contributed by atoms with Crippen molar-refractivity contribution in [3.05, 3.63) is 35.4 Å². The van der Waals surface area contributed by atoms with Gasteiger partial charge in [-0.25, -0.2) is 9.59 Å². The van der Waals surface area contributed by atoms with Crippen LogP contribution in [0.2, 0.25) is 0 Å². The standard InChI is InChI=1S/C16H22N2O3/c1-11(2)13-7-5-12(6-8-13)10-17-16(21)18-9-3-4-14(18)15(19)20/h5-8,11,14H,3-4,9-10H2,1-2H3,(H,17,21)(H,19,20). The molecule has 5 nitrogen and oxygen atoms in total. The third-order valence-corrected chi connectivity index (χ3v) is 3.89. The van der Waals surface area contributed by atoms with Gasteiger partial charge in [-0.1, -0.05) is 38.1 Å². The molecule has 1 aromatic carbocycles. The Morgan fingerprint density at radius 1 is 1.33 bits per heavy atom. The Morgan fingerprint density at radius 3 is 2.57 bits per heavy atom. The molecule has 114 valence electrons. The van der Waals surface area contributed by atoms with Gasteiger partial charge >= 0.3 is 12.0 Å². The van der Waals surface area contributed by atoms with Gasteiger partial charge in [0.2, 0.25) is 0 Å². The van der Waals surface area contributed by atoms with Gasteiger partial charge in [-0.3, -0.25) is 0 Å². The number of benzene rings is 1. The summed E-state index contributed by atoms with van der Waals surface area (Å²) in [6.45, 7) is 5.20. The molecule has 0 saturated carbocycles. The van der Waals surface area contributed by atoms with Crippen LogP contribution >= 0.6 is 0 Å². The second-order valence-corrected chi connectivity index (χ2v) is 5.74. The molecule has 1 heterocycles. The van der Waals surface area contributed by atoms with E-state index in [1.807, 2.05) is 12.1 Å². The van der Waals surface area contributed by atoms with E-state index < -0.39 is 12.0 Å². The molecule has 2 rings (SSSR count). The van der Waals surface area contributed by atoms with Crippen molar-refractivity contribution in [2.24, 2.45) is 0 Å². The summed E-state index contributed by atoms with van der Waals surface area (Å²) in [6, 6.07) is 7.12. The second kappa shape index (κ2) is 6.61. The van der Waals surface area contributed by atoms with Crippen LogP contribution in [-0.4, -0.2) is 34.6 Å². The van der Waals surface area contributed by atoms with E-state index in [0.717, 1.165) is 12.0 Å². The highest BCUT2D eigenvalue weighted by Gasteiger charge is 2.33. The lowest BCUT2D eigenvalue weighted by Gasteiger charge is -2.21. The molecule has 21 heavy (non-hydrogen) atoms. The van der Waals surface area contributed by atoms with Crippen molar-refractivity contribution >= 4 is 12.0 Å². The van der Waals surface area contributed by atoms with E-state index in [4.69, 9.17) is 5.11 Å². The summed E-state index contributed by atoms with van der Waals surface area (Å²) in [4.78, 5) is 24.5. The Hall–Kier alpha value is -2.04. The van der Waals surface area contributed by atoms with Gasteiger partial charge in [-0.2, -0.15) is 0 Å². The third kappa shape index (κ3) is 3.74. The van der Waals surface area contributed by atoms with Gasteiger partial charge in [-0.15, -0.1) is 0 Å². The Bertz CT molecular complexity index is 511. The maximum atomic E-state index is 12.1. The van der Waals surface area contributed by atoms with Gasteiger partial charge in [0.15, 0.2) is 0 Å². The van der Waals surface area contributed by atoms with E-state index in [1.165, 1.54) is 10.5 Å². The van der Waals surface area contributed by atoms with Crippen LogP contribution in [0.3, 0.4) is 0 Å². The summed E-state index contributed by atoms with van der Waals surface area (Å²) in [5.41, 5.74) is 2.27. The highest BCUT2D eigenvalue weighted by atomic mass is 16.4. The van der Waals surface area contributed by atoms with Gasteiger partial charge in [0.05, 0.1) is 0 Å². The number of nitrogens with zero attached hydrogens (tertiary/aromatic N) is 1. The topological polar surface area (TPSA) is 69.6 Å². The van der Waals surface area contributed by atoms with E-state index in [1.54, 1.807) is 0 Å². The van der Waals surface area contributed by atoms with E-state index in [2.05, 4.69) is 31.3 Å². The zero-order valence-corrected chi connectivity index (χ0v) is 12.5. The highest BCUT2D eigenvalue weighted by molar-refractivity contribution is 5.83. The van der Waals surface area contributed by atoms with Crippen molar-refractivity contribution in [2.75, 3.05) is 6.54 Å². The molecule has 0 spiro atoms. The van der Waals surface area contributed by atoms with E-state index in [9.17, 15) is 9.59 Å². The van der Waals surface area contributed by atoms with Crippen LogP contribution in [0.1, 0.15) is 43.7 Å². The average molecular weight is 290 g/mol. The summed E-state index contributed by atoms with van der Waals surface area (Å²) >= 11 is 0. The van der Waals surface area contributed by atoms with Crippen LogP contribution in [0.5, 0.6) is 0 Å². The fraction of sp³-hybridized carbons (Fsp3) is 0.500. The number of carboxylic acid groups (broad SMARTS) is 1. The van der Waals surface area contributed by atoms with Crippen LogP contribution in [0.25, 0.3) is 0 Å².